The van der Waals surface area contributed by atoms with Crippen molar-refractivity contribution in [2.45, 2.75) is 45.2 Å². The van der Waals surface area contributed by atoms with Crippen LogP contribution in [0.1, 0.15) is 38.2 Å². The van der Waals surface area contributed by atoms with Crippen LogP contribution >= 0.6 is 11.6 Å². The van der Waals surface area contributed by atoms with Crippen molar-refractivity contribution in [3.8, 4) is 0 Å². The molecule has 1 aliphatic rings. The summed E-state index contributed by atoms with van der Waals surface area (Å²) in [5.41, 5.74) is 1.29. The van der Waals surface area contributed by atoms with E-state index in [0.29, 0.717) is 6.04 Å². The Bertz CT molecular complexity index is 337. The molecule has 1 aromatic carbocycles. The Kier molecular flexibility index (Phi) is 4.25. The summed E-state index contributed by atoms with van der Waals surface area (Å²) in [6.45, 7) is 3.24. The van der Waals surface area contributed by atoms with Gasteiger partial charge in [0, 0.05) is 17.6 Å². The SMILES string of the molecule is CCC1CCCC1NCc1cccc(Cl)c1. The van der Waals surface area contributed by atoms with Crippen LogP contribution in [-0.4, -0.2) is 6.04 Å². The fraction of sp³-hybridized carbons (Fsp3) is 0.571. The Morgan fingerprint density at radius 3 is 3.00 bits per heavy atom. The molecular formula is C14H20ClN. The lowest BCUT2D eigenvalue weighted by atomic mass is 10.0. The predicted octanol–water partition coefficient (Wildman–Crippen LogP) is 4.01. The van der Waals surface area contributed by atoms with E-state index in [4.69, 9.17) is 11.6 Å². The van der Waals surface area contributed by atoms with E-state index in [1.54, 1.807) is 0 Å². The van der Waals surface area contributed by atoms with Gasteiger partial charge in [-0.15, -0.1) is 0 Å². The number of halogens is 1. The summed E-state index contributed by atoms with van der Waals surface area (Å²) in [5, 5.41) is 4.50. The summed E-state index contributed by atoms with van der Waals surface area (Å²) < 4.78 is 0. The van der Waals surface area contributed by atoms with Crippen LogP contribution in [0.25, 0.3) is 0 Å². The second kappa shape index (κ2) is 5.70. The van der Waals surface area contributed by atoms with Crippen molar-refractivity contribution in [3.63, 3.8) is 0 Å². The van der Waals surface area contributed by atoms with E-state index in [-0.39, 0.29) is 0 Å². The molecule has 1 nitrogen and oxygen atoms in total. The number of benzene rings is 1. The van der Waals surface area contributed by atoms with Gasteiger partial charge in [-0.3, -0.25) is 0 Å². The maximum Gasteiger partial charge on any atom is 0.0409 e. The molecule has 1 aromatic rings. The van der Waals surface area contributed by atoms with E-state index >= 15 is 0 Å². The van der Waals surface area contributed by atoms with Crippen LogP contribution < -0.4 is 5.32 Å². The molecule has 1 aliphatic carbocycles. The zero-order chi connectivity index (χ0) is 11.4. The van der Waals surface area contributed by atoms with E-state index in [0.717, 1.165) is 17.5 Å². The fourth-order valence-electron chi connectivity index (χ4n) is 2.69. The standard InChI is InChI=1S/C14H20ClN/c1-2-12-6-4-8-14(12)16-10-11-5-3-7-13(15)9-11/h3,5,7,9,12,14,16H,2,4,6,8,10H2,1H3. The third-order valence-corrected chi connectivity index (χ3v) is 3.88. The molecule has 0 aromatic heterocycles. The first kappa shape index (κ1) is 11.9. The maximum absolute atomic E-state index is 5.97. The van der Waals surface area contributed by atoms with Crippen LogP contribution in [0.15, 0.2) is 24.3 Å². The molecule has 1 fully saturated rings. The average molecular weight is 238 g/mol. The van der Waals surface area contributed by atoms with Crippen LogP contribution in [-0.2, 0) is 6.54 Å². The van der Waals surface area contributed by atoms with Crippen molar-refractivity contribution in [1.29, 1.82) is 0 Å². The topological polar surface area (TPSA) is 12.0 Å². The molecular weight excluding hydrogens is 218 g/mol. The van der Waals surface area contributed by atoms with Crippen LogP contribution in [0.4, 0.5) is 0 Å². The lowest BCUT2D eigenvalue weighted by Crippen LogP contribution is -2.31. The number of rotatable bonds is 4. The monoisotopic (exact) mass is 237 g/mol. The van der Waals surface area contributed by atoms with Gasteiger partial charge in [-0.1, -0.05) is 43.5 Å². The Labute approximate surface area is 103 Å². The van der Waals surface area contributed by atoms with Gasteiger partial charge in [0.2, 0.25) is 0 Å². The molecule has 16 heavy (non-hydrogen) atoms. The Morgan fingerprint density at radius 2 is 2.25 bits per heavy atom. The second-order valence-electron chi connectivity index (χ2n) is 4.72. The Hall–Kier alpha value is -0.530. The van der Waals surface area contributed by atoms with Gasteiger partial charge in [0.25, 0.3) is 0 Å². The van der Waals surface area contributed by atoms with Crippen molar-refractivity contribution < 1.29 is 0 Å². The average Bonchev–Trinajstić information content (AvgIpc) is 2.74. The van der Waals surface area contributed by atoms with Crippen molar-refractivity contribution in [1.82, 2.24) is 5.32 Å². The van der Waals surface area contributed by atoms with Crippen LogP contribution in [0.5, 0.6) is 0 Å². The molecule has 2 heteroatoms. The normalized spacial score (nSPS) is 24.9. The fourth-order valence-corrected chi connectivity index (χ4v) is 2.90. The maximum atomic E-state index is 5.97. The summed E-state index contributed by atoms with van der Waals surface area (Å²) in [4.78, 5) is 0. The van der Waals surface area contributed by atoms with Gasteiger partial charge >= 0.3 is 0 Å². The second-order valence-corrected chi connectivity index (χ2v) is 5.15. The molecule has 0 aliphatic heterocycles. The molecule has 2 rings (SSSR count). The van der Waals surface area contributed by atoms with Crippen molar-refractivity contribution in [2.24, 2.45) is 5.92 Å². The highest BCUT2D eigenvalue weighted by atomic mass is 35.5. The van der Waals surface area contributed by atoms with Gasteiger partial charge in [0.05, 0.1) is 0 Å². The lowest BCUT2D eigenvalue weighted by Gasteiger charge is -2.19. The van der Waals surface area contributed by atoms with Crippen molar-refractivity contribution in [2.75, 3.05) is 0 Å². The molecule has 0 radical (unpaired) electrons. The van der Waals surface area contributed by atoms with Crippen LogP contribution in [0.2, 0.25) is 5.02 Å². The van der Waals surface area contributed by atoms with E-state index in [1.807, 2.05) is 18.2 Å². The summed E-state index contributed by atoms with van der Waals surface area (Å²) >= 11 is 5.97. The summed E-state index contributed by atoms with van der Waals surface area (Å²) in [5.74, 6) is 0.874. The smallest absolute Gasteiger partial charge is 0.0409 e. The van der Waals surface area contributed by atoms with Crippen LogP contribution in [0.3, 0.4) is 0 Å². The number of hydrogen-bond acceptors (Lipinski definition) is 1. The minimum atomic E-state index is 0.712. The van der Waals surface area contributed by atoms with Gasteiger partial charge in [0.1, 0.15) is 0 Å². The van der Waals surface area contributed by atoms with Crippen LogP contribution in [0, 0.1) is 5.92 Å². The highest BCUT2D eigenvalue weighted by Crippen LogP contribution is 2.28. The molecule has 1 saturated carbocycles. The zero-order valence-electron chi connectivity index (χ0n) is 9.88. The van der Waals surface area contributed by atoms with E-state index in [9.17, 15) is 0 Å². The largest absolute Gasteiger partial charge is 0.310 e. The van der Waals surface area contributed by atoms with E-state index in [1.165, 1.54) is 31.2 Å². The highest BCUT2D eigenvalue weighted by Gasteiger charge is 2.24. The summed E-state index contributed by atoms with van der Waals surface area (Å²) in [6.07, 6.45) is 5.40. The molecule has 88 valence electrons. The van der Waals surface area contributed by atoms with Gasteiger partial charge < -0.3 is 5.32 Å². The molecule has 0 bridgehead atoms. The van der Waals surface area contributed by atoms with E-state index in [2.05, 4.69) is 18.3 Å². The van der Waals surface area contributed by atoms with Crippen molar-refractivity contribution >= 4 is 11.6 Å². The third kappa shape index (κ3) is 2.99. The number of hydrogen-bond donors (Lipinski definition) is 1. The van der Waals surface area contributed by atoms with Gasteiger partial charge in [-0.25, -0.2) is 0 Å². The quantitative estimate of drug-likeness (QED) is 0.835. The first-order valence-electron chi connectivity index (χ1n) is 6.27. The molecule has 0 spiro atoms. The predicted molar refractivity (Wildman–Crippen MR) is 69.7 cm³/mol. The molecule has 2 atom stereocenters. The molecule has 1 N–H and O–H groups in total. The van der Waals surface area contributed by atoms with Gasteiger partial charge in [0.15, 0.2) is 0 Å². The van der Waals surface area contributed by atoms with Gasteiger partial charge in [-0.2, -0.15) is 0 Å². The van der Waals surface area contributed by atoms with Gasteiger partial charge in [-0.05, 0) is 36.5 Å². The minimum absolute atomic E-state index is 0.712. The zero-order valence-corrected chi connectivity index (χ0v) is 10.6. The highest BCUT2D eigenvalue weighted by molar-refractivity contribution is 6.30. The first-order chi connectivity index (χ1) is 7.79. The number of nitrogens with one attached hydrogen (secondary N) is 1. The minimum Gasteiger partial charge on any atom is -0.310 e. The van der Waals surface area contributed by atoms with Crippen molar-refractivity contribution in [3.05, 3.63) is 34.9 Å². The summed E-state index contributed by atoms with van der Waals surface area (Å²) in [6, 6.07) is 8.84. The molecule has 0 heterocycles. The Morgan fingerprint density at radius 1 is 1.38 bits per heavy atom. The van der Waals surface area contributed by atoms with E-state index < -0.39 is 0 Å². The summed E-state index contributed by atoms with van der Waals surface area (Å²) in [7, 11) is 0. The Balaban J connectivity index is 1.87. The lowest BCUT2D eigenvalue weighted by molar-refractivity contribution is 0.389. The first-order valence-corrected chi connectivity index (χ1v) is 6.65. The molecule has 2 unspecified atom stereocenters. The third-order valence-electron chi connectivity index (χ3n) is 3.64. The molecule has 0 amide bonds. The molecule has 0 saturated heterocycles.